The van der Waals surface area contributed by atoms with Gasteiger partial charge in [-0.25, -0.2) is 14.2 Å². The molecule has 0 aliphatic heterocycles. The van der Waals surface area contributed by atoms with Crippen LogP contribution in [-0.4, -0.2) is 11.0 Å². The predicted octanol–water partition coefficient (Wildman–Crippen LogP) is 5.42. The molecule has 1 heterocycles. The van der Waals surface area contributed by atoms with E-state index in [9.17, 15) is 9.18 Å². The maximum absolute atomic E-state index is 14.2. The lowest BCUT2D eigenvalue weighted by molar-refractivity contribution is 0.0332. The molecule has 0 spiro atoms. The molecular formula is C17H13BrFNO2S. The van der Waals surface area contributed by atoms with Gasteiger partial charge in [0.05, 0.1) is 20.3 Å². The molecule has 0 bridgehead atoms. The molecule has 118 valence electrons. The van der Waals surface area contributed by atoms with E-state index in [2.05, 4.69) is 20.9 Å². The molecule has 1 aromatic heterocycles. The van der Waals surface area contributed by atoms with Gasteiger partial charge in [-0.05, 0) is 53.5 Å². The fraction of sp³-hybridized carbons (Fsp3) is 0.176. The van der Waals surface area contributed by atoms with Crippen LogP contribution in [0.15, 0.2) is 40.9 Å². The summed E-state index contributed by atoms with van der Waals surface area (Å²) >= 11 is 4.60. The highest BCUT2D eigenvalue weighted by molar-refractivity contribution is 9.10. The van der Waals surface area contributed by atoms with Gasteiger partial charge in [-0.3, -0.25) is 0 Å². The Morgan fingerprint density at radius 2 is 2.04 bits per heavy atom. The van der Waals surface area contributed by atoms with E-state index in [-0.39, 0.29) is 10.0 Å². The lowest BCUT2D eigenvalue weighted by Crippen LogP contribution is -2.11. The third kappa shape index (κ3) is 3.14. The Balaban J connectivity index is 1.83. The minimum atomic E-state index is -0.699. The summed E-state index contributed by atoms with van der Waals surface area (Å²) in [4.78, 5) is 16.7. The molecule has 0 amide bonds. The van der Waals surface area contributed by atoms with Crippen molar-refractivity contribution >= 4 is 43.5 Å². The van der Waals surface area contributed by atoms with Crippen LogP contribution in [0.2, 0.25) is 0 Å². The van der Waals surface area contributed by atoms with Crippen molar-refractivity contribution in [1.29, 1.82) is 0 Å². The summed E-state index contributed by atoms with van der Waals surface area (Å²) in [5, 5.41) is 0.686. The van der Waals surface area contributed by atoms with Crippen molar-refractivity contribution in [2.45, 2.75) is 20.0 Å². The smallest absolute Gasteiger partial charge is 0.341 e. The topological polar surface area (TPSA) is 39.2 Å². The van der Waals surface area contributed by atoms with E-state index in [4.69, 9.17) is 4.74 Å². The Kier molecular flexibility index (Phi) is 4.46. The molecule has 6 heteroatoms. The van der Waals surface area contributed by atoms with Crippen LogP contribution >= 0.6 is 27.3 Å². The standard InChI is InChI=1S/C17H13BrFNO2S/c1-9-7-8-11(15(19)14(9)18)17(21)22-10(2)16-20-12-5-3-4-6-13(12)23-16/h3-8,10H,1-2H3. The number of benzene rings is 2. The number of aryl methyl sites for hydroxylation is 1. The first-order valence-electron chi connectivity index (χ1n) is 6.98. The molecule has 0 fully saturated rings. The van der Waals surface area contributed by atoms with Crippen LogP contribution in [0, 0.1) is 12.7 Å². The van der Waals surface area contributed by atoms with Crippen LogP contribution in [0.3, 0.4) is 0 Å². The first kappa shape index (κ1) is 16.1. The molecule has 0 saturated heterocycles. The second-order valence-corrected chi connectivity index (χ2v) is 6.98. The third-order valence-electron chi connectivity index (χ3n) is 3.44. The summed E-state index contributed by atoms with van der Waals surface area (Å²) in [6.45, 7) is 3.49. The van der Waals surface area contributed by atoms with Gasteiger partial charge in [-0.15, -0.1) is 11.3 Å². The average molecular weight is 394 g/mol. The Labute approximate surface area is 145 Å². The molecule has 1 unspecified atom stereocenters. The van der Waals surface area contributed by atoms with Crippen molar-refractivity contribution in [2.75, 3.05) is 0 Å². The lowest BCUT2D eigenvalue weighted by atomic mass is 10.1. The van der Waals surface area contributed by atoms with Crippen LogP contribution in [0.5, 0.6) is 0 Å². The Morgan fingerprint density at radius 3 is 2.78 bits per heavy atom. The van der Waals surface area contributed by atoms with Gasteiger partial charge < -0.3 is 4.74 Å². The molecule has 0 radical (unpaired) electrons. The third-order valence-corrected chi connectivity index (χ3v) is 5.61. The molecule has 0 aliphatic rings. The number of esters is 1. The van der Waals surface area contributed by atoms with E-state index in [1.807, 2.05) is 24.3 Å². The maximum atomic E-state index is 14.2. The first-order chi connectivity index (χ1) is 11.0. The highest BCUT2D eigenvalue weighted by Crippen LogP contribution is 2.29. The largest absolute Gasteiger partial charge is 0.452 e. The SMILES string of the molecule is Cc1ccc(C(=O)OC(C)c2nc3ccccc3s2)c(F)c1Br. The zero-order chi connectivity index (χ0) is 16.6. The number of fused-ring (bicyclic) bond motifs is 1. The Hall–Kier alpha value is -1.79. The van der Waals surface area contributed by atoms with Crippen molar-refractivity contribution in [3.63, 3.8) is 0 Å². The first-order valence-corrected chi connectivity index (χ1v) is 8.59. The van der Waals surface area contributed by atoms with Crippen LogP contribution in [0.4, 0.5) is 4.39 Å². The molecule has 3 aromatic rings. The minimum Gasteiger partial charge on any atom is -0.452 e. The van der Waals surface area contributed by atoms with E-state index in [0.29, 0.717) is 5.01 Å². The number of halogens is 2. The number of carbonyl (C=O) groups is 1. The highest BCUT2D eigenvalue weighted by atomic mass is 79.9. The van der Waals surface area contributed by atoms with Gasteiger partial charge in [0.1, 0.15) is 5.01 Å². The van der Waals surface area contributed by atoms with Crippen molar-refractivity contribution in [2.24, 2.45) is 0 Å². The Morgan fingerprint density at radius 1 is 1.30 bits per heavy atom. The van der Waals surface area contributed by atoms with Crippen LogP contribution in [0.1, 0.15) is 34.0 Å². The number of para-hydroxylation sites is 1. The van der Waals surface area contributed by atoms with Gasteiger partial charge in [-0.1, -0.05) is 18.2 Å². The van der Waals surface area contributed by atoms with Crippen molar-refractivity contribution in [3.05, 3.63) is 62.8 Å². The van der Waals surface area contributed by atoms with Gasteiger partial charge in [0.25, 0.3) is 0 Å². The predicted molar refractivity (Wildman–Crippen MR) is 92.3 cm³/mol. The van der Waals surface area contributed by atoms with Crippen LogP contribution in [-0.2, 0) is 4.74 Å². The van der Waals surface area contributed by atoms with Gasteiger partial charge in [0.15, 0.2) is 11.9 Å². The molecule has 0 aliphatic carbocycles. The summed E-state index contributed by atoms with van der Waals surface area (Å²) in [5.41, 5.74) is 1.49. The number of rotatable bonds is 3. The second kappa shape index (κ2) is 6.37. The second-order valence-electron chi connectivity index (χ2n) is 5.13. The summed E-state index contributed by atoms with van der Waals surface area (Å²) < 4.78 is 20.8. The van der Waals surface area contributed by atoms with E-state index >= 15 is 0 Å². The molecule has 2 aromatic carbocycles. The number of thiazole rings is 1. The fourth-order valence-corrected chi connectivity index (χ4v) is 3.44. The number of ether oxygens (including phenoxy) is 1. The highest BCUT2D eigenvalue weighted by Gasteiger charge is 2.21. The molecule has 1 atom stereocenters. The van der Waals surface area contributed by atoms with E-state index < -0.39 is 17.9 Å². The summed E-state index contributed by atoms with van der Waals surface area (Å²) in [6, 6.07) is 10.8. The van der Waals surface area contributed by atoms with E-state index in [0.717, 1.165) is 15.8 Å². The number of hydrogen-bond donors (Lipinski definition) is 0. The zero-order valence-electron chi connectivity index (χ0n) is 12.5. The molecule has 23 heavy (non-hydrogen) atoms. The molecule has 3 rings (SSSR count). The van der Waals surface area contributed by atoms with E-state index in [1.54, 1.807) is 19.9 Å². The van der Waals surface area contributed by atoms with Crippen molar-refractivity contribution in [1.82, 2.24) is 4.98 Å². The monoisotopic (exact) mass is 393 g/mol. The van der Waals surface area contributed by atoms with Crippen LogP contribution < -0.4 is 0 Å². The quantitative estimate of drug-likeness (QED) is 0.557. The summed E-state index contributed by atoms with van der Waals surface area (Å²) in [5.74, 6) is -1.30. The molecule has 0 saturated carbocycles. The number of hydrogen-bond acceptors (Lipinski definition) is 4. The summed E-state index contributed by atoms with van der Waals surface area (Å²) in [6.07, 6.45) is -0.542. The van der Waals surface area contributed by atoms with Gasteiger partial charge in [0.2, 0.25) is 0 Å². The molecular weight excluding hydrogens is 381 g/mol. The zero-order valence-corrected chi connectivity index (χ0v) is 14.9. The van der Waals surface area contributed by atoms with Crippen LogP contribution in [0.25, 0.3) is 10.2 Å². The van der Waals surface area contributed by atoms with Gasteiger partial charge in [0, 0.05) is 0 Å². The van der Waals surface area contributed by atoms with Crippen molar-refractivity contribution < 1.29 is 13.9 Å². The normalized spacial score (nSPS) is 12.3. The average Bonchev–Trinajstić information content (AvgIpc) is 2.96. The van der Waals surface area contributed by atoms with E-state index in [1.165, 1.54) is 17.4 Å². The molecule has 0 N–H and O–H groups in total. The number of carbonyl (C=O) groups excluding carboxylic acids is 1. The number of aromatic nitrogens is 1. The van der Waals surface area contributed by atoms with Crippen molar-refractivity contribution in [3.8, 4) is 0 Å². The maximum Gasteiger partial charge on any atom is 0.341 e. The minimum absolute atomic E-state index is 0.0876. The van der Waals surface area contributed by atoms with Gasteiger partial charge >= 0.3 is 5.97 Å². The summed E-state index contributed by atoms with van der Waals surface area (Å²) in [7, 11) is 0. The van der Waals surface area contributed by atoms with Gasteiger partial charge in [-0.2, -0.15) is 0 Å². The lowest BCUT2D eigenvalue weighted by Gasteiger charge is -2.12. The number of nitrogens with zero attached hydrogens (tertiary/aromatic N) is 1. The fourth-order valence-electron chi connectivity index (χ4n) is 2.14. The Bertz CT molecular complexity index is 860. The molecule has 3 nitrogen and oxygen atoms in total.